The van der Waals surface area contributed by atoms with Crippen LogP contribution in [0.25, 0.3) is 0 Å². The zero-order valence-corrected chi connectivity index (χ0v) is 13.3. The topological polar surface area (TPSA) is 35.8 Å². The number of hydrogen-bond acceptors (Lipinski definition) is 3. The van der Waals surface area contributed by atoms with E-state index in [9.17, 15) is 5.11 Å². The van der Waals surface area contributed by atoms with Gasteiger partial charge in [0.05, 0.1) is 16.4 Å². The van der Waals surface area contributed by atoms with Gasteiger partial charge in [0.15, 0.2) is 0 Å². The van der Waals surface area contributed by atoms with E-state index in [1.807, 2.05) is 31.2 Å². The summed E-state index contributed by atoms with van der Waals surface area (Å²) in [5, 5.41) is 10.4. The Morgan fingerprint density at radius 2 is 1.91 bits per heavy atom. The Bertz CT molecular complexity index is 706. The van der Waals surface area contributed by atoms with Gasteiger partial charge in [-0.2, -0.15) is 0 Å². The molecule has 1 N–H and O–H groups in total. The molecule has 1 saturated heterocycles. The maximum absolute atomic E-state index is 10.0. The Balaban J connectivity index is 1.93. The van der Waals surface area contributed by atoms with Crippen molar-refractivity contribution in [3.63, 3.8) is 0 Å². The minimum Gasteiger partial charge on any atom is -0.506 e. The quantitative estimate of drug-likeness (QED) is 0.833. The number of benzene rings is 2. The first-order valence-electron chi connectivity index (χ1n) is 7.52. The van der Waals surface area contributed by atoms with Crippen LogP contribution in [0.5, 0.6) is 5.75 Å². The summed E-state index contributed by atoms with van der Waals surface area (Å²) in [5.41, 5.74) is 3.70. The first kappa shape index (κ1) is 14.9. The van der Waals surface area contributed by atoms with Gasteiger partial charge in [0.2, 0.25) is 0 Å². The lowest BCUT2D eigenvalue weighted by molar-refractivity contribution is 0.474. The summed E-state index contributed by atoms with van der Waals surface area (Å²) >= 11 is 6.02. The second-order valence-electron chi connectivity index (χ2n) is 5.63. The molecule has 3 nitrogen and oxygen atoms in total. The number of halogens is 1. The zero-order chi connectivity index (χ0) is 15.5. The van der Waals surface area contributed by atoms with Crippen LogP contribution < -0.4 is 4.90 Å². The molecule has 0 aliphatic carbocycles. The minimum atomic E-state index is 0.0784. The van der Waals surface area contributed by atoms with Crippen LogP contribution in [0.15, 0.2) is 41.4 Å². The van der Waals surface area contributed by atoms with E-state index in [0.717, 1.165) is 30.0 Å². The fourth-order valence-electron chi connectivity index (χ4n) is 2.80. The summed E-state index contributed by atoms with van der Waals surface area (Å²) in [4.78, 5) is 6.94. The van der Waals surface area contributed by atoms with Crippen molar-refractivity contribution in [2.75, 3.05) is 18.0 Å². The molecule has 0 spiro atoms. The van der Waals surface area contributed by atoms with Gasteiger partial charge in [-0.25, -0.2) is 0 Å². The first-order valence-corrected chi connectivity index (χ1v) is 7.90. The molecule has 0 radical (unpaired) electrons. The first-order chi connectivity index (χ1) is 10.6. The minimum absolute atomic E-state index is 0.0784. The van der Waals surface area contributed by atoms with Crippen molar-refractivity contribution in [2.45, 2.75) is 19.8 Å². The van der Waals surface area contributed by atoms with Crippen molar-refractivity contribution in [3.05, 3.63) is 52.5 Å². The van der Waals surface area contributed by atoms with Gasteiger partial charge >= 0.3 is 0 Å². The molecule has 22 heavy (non-hydrogen) atoms. The van der Waals surface area contributed by atoms with E-state index in [0.29, 0.717) is 10.6 Å². The van der Waals surface area contributed by atoms with Crippen molar-refractivity contribution in [3.8, 4) is 5.75 Å². The zero-order valence-electron chi connectivity index (χ0n) is 12.6. The Labute approximate surface area is 135 Å². The number of para-hydroxylation sites is 2. The van der Waals surface area contributed by atoms with Gasteiger partial charge in [0.1, 0.15) is 5.75 Å². The summed E-state index contributed by atoms with van der Waals surface area (Å²) in [6.45, 7) is 4.10. The van der Waals surface area contributed by atoms with Crippen LogP contribution in [0, 0.1) is 6.92 Å². The number of hydrogen-bond donors (Lipinski definition) is 1. The van der Waals surface area contributed by atoms with E-state index < -0.39 is 0 Å². The van der Waals surface area contributed by atoms with Gasteiger partial charge in [-0.3, -0.25) is 4.99 Å². The molecular formula is C18H19ClN2O. The molecule has 0 amide bonds. The third-order valence-electron chi connectivity index (χ3n) is 3.91. The van der Waals surface area contributed by atoms with Crippen LogP contribution in [0.2, 0.25) is 5.02 Å². The Kier molecular flexibility index (Phi) is 4.34. The molecule has 1 aliphatic rings. The predicted octanol–water partition coefficient (Wildman–Crippen LogP) is 4.70. The van der Waals surface area contributed by atoms with Crippen molar-refractivity contribution in [1.29, 1.82) is 0 Å². The molecule has 2 aromatic rings. The summed E-state index contributed by atoms with van der Waals surface area (Å²) < 4.78 is 0. The molecule has 0 saturated carbocycles. The molecule has 0 atom stereocenters. The lowest BCUT2D eigenvalue weighted by atomic mass is 10.1. The van der Waals surface area contributed by atoms with E-state index in [4.69, 9.17) is 11.6 Å². The summed E-state index contributed by atoms with van der Waals surface area (Å²) in [6, 6.07) is 11.7. The Morgan fingerprint density at radius 3 is 2.68 bits per heavy atom. The van der Waals surface area contributed by atoms with Crippen LogP contribution in [-0.4, -0.2) is 24.4 Å². The smallest absolute Gasteiger partial charge is 0.142 e. The fraction of sp³-hybridized carbons (Fsp3) is 0.278. The van der Waals surface area contributed by atoms with E-state index in [2.05, 4.69) is 16.0 Å². The molecule has 0 bridgehead atoms. The molecule has 3 rings (SSSR count). The second kappa shape index (κ2) is 6.41. The number of aryl methyl sites for hydroxylation is 1. The Morgan fingerprint density at radius 1 is 1.18 bits per heavy atom. The average molecular weight is 315 g/mol. The highest BCUT2D eigenvalue weighted by Gasteiger charge is 2.15. The standard InChI is InChI=1S/C18H19ClN2O/c1-13-10-14(18(22)15(19)11-13)12-20-16-6-2-3-7-17(16)21-8-4-5-9-21/h2-3,6-7,10-12,22H,4-5,8-9H2,1H3. The molecule has 4 heteroatoms. The monoisotopic (exact) mass is 314 g/mol. The summed E-state index contributed by atoms with van der Waals surface area (Å²) in [7, 11) is 0. The van der Waals surface area contributed by atoms with Crippen LogP contribution in [0.4, 0.5) is 11.4 Å². The largest absolute Gasteiger partial charge is 0.506 e. The van der Waals surface area contributed by atoms with Crippen LogP contribution in [0.3, 0.4) is 0 Å². The number of aliphatic imine (C=N–C) groups is 1. The van der Waals surface area contributed by atoms with Crippen LogP contribution >= 0.6 is 11.6 Å². The summed E-state index contributed by atoms with van der Waals surface area (Å²) in [5.74, 6) is 0.0784. The fourth-order valence-corrected chi connectivity index (χ4v) is 3.08. The van der Waals surface area contributed by atoms with Crippen molar-refractivity contribution < 1.29 is 5.11 Å². The SMILES string of the molecule is Cc1cc(Cl)c(O)c(C=Nc2ccccc2N2CCCC2)c1. The van der Waals surface area contributed by atoms with Crippen molar-refractivity contribution >= 4 is 29.2 Å². The normalized spacial score (nSPS) is 14.9. The average Bonchev–Trinajstić information content (AvgIpc) is 3.04. The molecule has 0 unspecified atom stereocenters. The van der Waals surface area contributed by atoms with Crippen molar-refractivity contribution in [1.82, 2.24) is 0 Å². The molecule has 114 valence electrons. The molecular weight excluding hydrogens is 296 g/mol. The van der Waals surface area contributed by atoms with E-state index in [1.165, 1.54) is 12.8 Å². The predicted molar refractivity (Wildman–Crippen MR) is 93.0 cm³/mol. The highest BCUT2D eigenvalue weighted by molar-refractivity contribution is 6.32. The lowest BCUT2D eigenvalue weighted by Gasteiger charge is -2.19. The van der Waals surface area contributed by atoms with E-state index in [-0.39, 0.29) is 5.75 Å². The Hall–Kier alpha value is -2.00. The number of rotatable bonds is 3. The maximum Gasteiger partial charge on any atom is 0.142 e. The molecule has 1 heterocycles. The van der Waals surface area contributed by atoms with Gasteiger partial charge in [0, 0.05) is 24.9 Å². The van der Waals surface area contributed by atoms with Crippen molar-refractivity contribution in [2.24, 2.45) is 4.99 Å². The molecule has 0 aromatic heterocycles. The highest BCUT2D eigenvalue weighted by Crippen LogP contribution is 2.32. The third kappa shape index (κ3) is 3.09. The van der Waals surface area contributed by atoms with E-state index >= 15 is 0 Å². The molecule has 1 aliphatic heterocycles. The van der Waals surface area contributed by atoms with Crippen LogP contribution in [-0.2, 0) is 0 Å². The molecule has 1 fully saturated rings. The van der Waals surface area contributed by atoms with Gasteiger partial charge in [-0.1, -0.05) is 23.7 Å². The second-order valence-corrected chi connectivity index (χ2v) is 6.03. The third-order valence-corrected chi connectivity index (χ3v) is 4.20. The maximum atomic E-state index is 10.0. The summed E-state index contributed by atoms with van der Waals surface area (Å²) in [6.07, 6.45) is 4.14. The lowest BCUT2D eigenvalue weighted by Crippen LogP contribution is -2.17. The van der Waals surface area contributed by atoms with E-state index in [1.54, 1.807) is 12.3 Å². The van der Waals surface area contributed by atoms with Gasteiger partial charge in [0.25, 0.3) is 0 Å². The highest BCUT2D eigenvalue weighted by atomic mass is 35.5. The number of phenols is 1. The van der Waals surface area contributed by atoms with Gasteiger partial charge < -0.3 is 10.0 Å². The molecule has 2 aromatic carbocycles. The van der Waals surface area contributed by atoms with Crippen LogP contribution in [0.1, 0.15) is 24.0 Å². The number of anilines is 1. The van der Waals surface area contributed by atoms with Gasteiger partial charge in [-0.15, -0.1) is 0 Å². The number of aromatic hydroxyl groups is 1. The van der Waals surface area contributed by atoms with Gasteiger partial charge in [-0.05, 0) is 49.6 Å². The number of nitrogens with zero attached hydrogens (tertiary/aromatic N) is 2. The number of phenolic OH excluding ortho intramolecular Hbond substituents is 1.